The van der Waals surface area contributed by atoms with E-state index in [2.05, 4.69) is 10.6 Å². The minimum Gasteiger partial charge on any atom is -0.466 e. The van der Waals surface area contributed by atoms with Crippen molar-refractivity contribution in [2.75, 3.05) is 38.2 Å². The van der Waals surface area contributed by atoms with Gasteiger partial charge in [0.15, 0.2) is 5.54 Å². The number of carbonyl (C=O) groups excluding carboxylic acids is 3. The molecule has 2 aliphatic rings. The molecule has 4 rings (SSSR count). The number of anilines is 1. The Morgan fingerprint density at radius 3 is 2.61 bits per heavy atom. The average molecular weight is 477 g/mol. The molecule has 4 amide bonds. The summed E-state index contributed by atoms with van der Waals surface area (Å²) in [6, 6.07) is 6.86. The lowest BCUT2D eigenvalue weighted by molar-refractivity contribution is -0.134. The number of hydrogen-bond acceptors (Lipinski definition) is 7. The number of hydrogen-bond donors (Lipinski definition) is 2. The van der Waals surface area contributed by atoms with E-state index in [1.807, 2.05) is 0 Å². The van der Waals surface area contributed by atoms with Crippen LogP contribution in [0.4, 0.5) is 10.5 Å². The number of furan rings is 1. The molecule has 0 aliphatic carbocycles. The molecule has 0 saturated carbocycles. The van der Waals surface area contributed by atoms with E-state index in [9.17, 15) is 22.8 Å². The predicted octanol–water partition coefficient (Wildman–Crippen LogP) is 1.01. The number of nitrogens with zero attached hydrogens (tertiary/aromatic N) is 2. The first kappa shape index (κ1) is 23.0. The van der Waals surface area contributed by atoms with Gasteiger partial charge in [0.1, 0.15) is 12.3 Å². The predicted molar refractivity (Wildman–Crippen MR) is 116 cm³/mol. The number of sulfonamides is 1. The topological polar surface area (TPSA) is 138 Å². The normalized spacial score (nSPS) is 21.8. The Hall–Kier alpha value is -3.22. The maximum absolute atomic E-state index is 12.9. The van der Waals surface area contributed by atoms with Gasteiger partial charge < -0.3 is 19.8 Å². The van der Waals surface area contributed by atoms with E-state index in [1.165, 1.54) is 29.6 Å². The van der Waals surface area contributed by atoms with Gasteiger partial charge in [0.05, 0.1) is 24.4 Å². The third-order valence-corrected chi connectivity index (χ3v) is 7.58. The molecular weight excluding hydrogens is 452 g/mol. The lowest BCUT2D eigenvalue weighted by Crippen LogP contribution is -2.42. The van der Waals surface area contributed by atoms with Crippen molar-refractivity contribution >= 4 is 33.6 Å². The van der Waals surface area contributed by atoms with Gasteiger partial charge >= 0.3 is 6.03 Å². The number of urea groups is 1. The molecule has 0 spiro atoms. The number of morpholine rings is 1. The molecular formula is C21H24N4O7S. The first-order valence-electron chi connectivity index (χ1n) is 10.3. The standard InChI is InChI=1S/C21H24N4O7S/c1-14-5-6-15(33(29,30)24-7-10-31-11-8-24)12-16(14)22-18(26)13-25-19(27)21(2,23-20(25)28)17-4-3-9-32-17/h3-6,9,12H,7-8,10-11,13H2,1-2H3,(H,22,26)(H,23,28)/t21-/m0/s1. The SMILES string of the molecule is Cc1ccc(S(=O)(=O)N2CCOCC2)cc1NC(=O)CN1C(=O)N[C@@](C)(c2ccco2)C1=O. The zero-order valence-electron chi connectivity index (χ0n) is 18.2. The van der Waals surface area contributed by atoms with Crippen molar-refractivity contribution in [2.45, 2.75) is 24.3 Å². The van der Waals surface area contributed by atoms with Crippen LogP contribution in [0.1, 0.15) is 18.2 Å². The molecule has 1 aromatic carbocycles. The van der Waals surface area contributed by atoms with Crippen molar-refractivity contribution in [1.82, 2.24) is 14.5 Å². The average Bonchev–Trinajstić information content (AvgIpc) is 3.40. The minimum atomic E-state index is -3.75. The molecule has 0 bridgehead atoms. The van der Waals surface area contributed by atoms with E-state index >= 15 is 0 Å². The molecule has 2 N–H and O–H groups in total. The van der Waals surface area contributed by atoms with Crippen molar-refractivity contribution in [3.63, 3.8) is 0 Å². The molecule has 2 aliphatic heterocycles. The summed E-state index contributed by atoms with van der Waals surface area (Å²) in [5, 5.41) is 5.16. The van der Waals surface area contributed by atoms with Crippen LogP contribution >= 0.6 is 0 Å². The molecule has 176 valence electrons. The number of amides is 4. The number of rotatable bonds is 6. The van der Waals surface area contributed by atoms with E-state index in [-0.39, 0.29) is 29.4 Å². The summed E-state index contributed by atoms with van der Waals surface area (Å²) in [5.74, 6) is -1.02. The molecule has 2 fully saturated rings. The van der Waals surface area contributed by atoms with Crippen molar-refractivity contribution < 1.29 is 32.0 Å². The molecule has 12 heteroatoms. The molecule has 0 radical (unpaired) electrons. The Balaban J connectivity index is 1.49. The molecule has 2 aromatic rings. The van der Waals surface area contributed by atoms with Gasteiger partial charge in [-0.1, -0.05) is 6.07 Å². The van der Waals surface area contributed by atoms with Crippen LogP contribution in [0.2, 0.25) is 0 Å². The molecule has 1 atom stereocenters. The van der Waals surface area contributed by atoms with E-state index < -0.39 is 40.0 Å². The van der Waals surface area contributed by atoms with Gasteiger partial charge in [0, 0.05) is 18.8 Å². The maximum Gasteiger partial charge on any atom is 0.325 e. The number of nitrogens with one attached hydrogen (secondary N) is 2. The molecule has 11 nitrogen and oxygen atoms in total. The molecule has 3 heterocycles. The largest absolute Gasteiger partial charge is 0.466 e. The van der Waals surface area contributed by atoms with Gasteiger partial charge in [-0.3, -0.25) is 14.5 Å². The zero-order chi connectivity index (χ0) is 23.8. The second-order valence-electron chi connectivity index (χ2n) is 7.97. The molecule has 2 saturated heterocycles. The number of benzene rings is 1. The van der Waals surface area contributed by atoms with Crippen LogP contribution in [-0.4, -0.2) is 68.3 Å². The summed E-state index contributed by atoms with van der Waals surface area (Å²) in [5.41, 5.74) is -0.514. The van der Waals surface area contributed by atoms with Gasteiger partial charge in [-0.25, -0.2) is 13.2 Å². The lowest BCUT2D eigenvalue weighted by Gasteiger charge is -2.26. The summed E-state index contributed by atoms with van der Waals surface area (Å²) >= 11 is 0. The van der Waals surface area contributed by atoms with Crippen LogP contribution in [0.25, 0.3) is 0 Å². The van der Waals surface area contributed by atoms with Crippen LogP contribution in [0.3, 0.4) is 0 Å². The Morgan fingerprint density at radius 2 is 1.94 bits per heavy atom. The Kier molecular flexibility index (Phi) is 5.99. The van der Waals surface area contributed by atoms with Crippen molar-refractivity contribution in [2.24, 2.45) is 0 Å². The molecule has 1 aromatic heterocycles. The summed E-state index contributed by atoms with van der Waals surface area (Å²) < 4.78 is 37.7. The van der Waals surface area contributed by atoms with Crippen LogP contribution in [-0.2, 0) is 29.9 Å². The van der Waals surface area contributed by atoms with Crippen LogP contribution in [0.5, 0.6) is 0 Å². The fraction of sp³-hybridized carbons (Fsp3) is 0.381. The molecule has 0 unspecified atom stereocenters. The van der Waals surface area contributed by atoms with Gasteiger partial charge in [0.2, 0.25) is 15.9 Å². The number of aryl methyl sites for hydroxylation is 1. The highest BCUT2D eigenvalue weighted by atomic mass is 32.2. The van der Waals surface area contributed by atoms with E-state index in [0.29, 0.717) is 18.8 Å². The van der Waals surface area contributed by atoms with Gasteiger partial charge in [-0.05, 0) is 43.7 Å². The van der Waals surface area contributed by atoms with E-state index in [1.54, 1.807) is 25.1 Å². The highest BCUT2D eigenvalue weighted by Gasteiger charge is 2.51. The van der Waals surface area contributed by atoms with Crippen molar-refractivity contribution in [3.8, 4) is 0 Å². The summed E-state index contributed by atoms with van der Waals surface area (Å²) in [4.78, 5) is 38.8. The second kappa shape index (κ2) is 8.61. The molecule has 33 heavy (non-hydrogen) atoms. The van der Waals surface area contributed by atoms with Gasteiger partial charge in [0.25, 0.3) is 5.91 Å². The van der Waals surface area contributed by atoms with E-state index in [4.69, 9.17) is 9.15 Å². The van der Waals surface area contributed by atoms with Gasteiger partial charge in [-0.15, -0.1) is 0 Å². The van der Waals surface area contributed by atoms with E-state index in [0.717, 1.165) is 4.90 Å². The first-order chi connectivity index (χ1) is 15.6. The van der Waals surface area contributed by atoms with Crippen LogP contribution in [0, 0.1) is 6.92 Å². The second-order valence-corrected chi connectivity index (χ2v) is 9.90. The quantitative estimate of drug-likeness (QED) is 0.594. The number of ether oxygens (including phenoxy) is 1. The van der Waals surface area contributed by atoms with Crippen molar-refractivity contribution in [3.05, 3.63) is 47.9 Å². The summed E-state index contributed by atoms with van der Waals surface area (Å²) in [6.07, 6.45) is 1.39. The zero-order valence-corrected chi connectivity index (χ0v) is 19.0. The minimum absolute atomic E-state index is 0.0330. The van der Waals surface area contributed by atoms with Gasteiger partial charge in [-0.2, -0.15) is 4.31 Å². The summed E-state index contributed by atoms with van der Waals surface area (Å²) in [6.45, 7) is 3.80. The number of imide groups is 1. The number of carbonyl (C=O) groups is 3. The Bertz CT molecular complexity index is 1190. The smallest absolute Gasteiger partial charge is 0.325 e. The third kappa shape index (κ3) is 4.24. The summed E-state index contributed by atoms with van der Waals surface area (Å²) in [7, 11) is -3.75. The highest BCUT2D eigenvalue weighted by molar-refractivity contribution is 7.89. The van der Waals surface area contributed by atoms with Crippen LogP contribution < -0.4 is 10.6 Å². The van der Waals surface area contributed by atoms with Crippen molar-refractivity contribution in [1.29, 1.82) is 0 Å². The fourth-order valence-electron chi connectivity index (χ4n) is 3.74. The van der Waals surface area contributed by atoms with Crippen LogP contribution in [0.15, 0.2) is 45.9 Å². The Morgan fingerprint density at radius 1 is 1.21 bits per heavy atom. The monoisotopic (exact) mass is 476 g/mol. The highest BCUT2D eigenvalue weighted by Crippen LogP contribution is 2.29. The first-order valence-corrected chi connectivity index (χ1v) is 11.7. The Labute approximate surface area is 190 Å². The fourth-order valence-corrected chi connectivity index (χ4v) is 5.17. The maximum atomic E-state index is 12.9. The third-order valence-electron chi connectivity index (χ3n) is 5.68. The lowest BCUT2D eigenvalue weighted by atomic mass is 9.99.